The Labute approximate surface area is 118 Å². The lowest BCUT2D eigenvalue weighted by Gasteiger charge is -2.17. The molecule has 2 atom stereocenters. The number of carbonyl (C=O) groups excluding carboxylic acids is 1. The number of urea groups is 1. The lowest BCUT2D eigenvalue weighted by Crippen LogP contribution is -2.43. The molecular weight excluding hydrogens is 256 g/mol. The van der Waals surface area contributed by atoms with Crippen molar-refractivity contribution >= 4 is 12.0 Å². The molecule has 1 fully saturated rings. The molecule has 0 aromatic heterocycles. The molecule has 1 aliphatic rings. The normalized spacial score (nSPS) is 17.1. The average Bonchev–Trinajstić information content (AvgIpc) is 3.24. The van der Waals surface area contributed by atoms with E-state index in [9.17, 15) is 14.7 Å². The summed E-state index contributed by atoms with van der Waals surface area (Å²) in [4.78, 5) is 23.0. The van der Waals surface area contributed by atoms with Crippen LogP contribution in [0, 0.1) is 5.92 Å². The summed E-state index contributed by atoms with van der Waals surface area (Å²) >= 11 is 0. The lowest BCUT2D eigenvalue weighted by atomic mass is 9.99. The van der Waals surface area contributed by atoms with Crippen LogP contribution in [-0.2, 0) is 4.79 Å². The third-order valence-electron chi connectivity index (χ3n) is 3.65. The van der Waals surface area contributed by atoms with E-state index in [4.69, 9.17) is 0 Å². The number of rotatable bonds is 6. The van der Waals surface area contributed by atoms with Crippen molar-refractivity contribution in [1.29, 1.82) is 0 Å². The smallest absolute Gasteiger partial charge is 0.315 e. The Bertz CT molecular complexity index is 471. The summed E-state index contributed by atoms with van der Waals surface area (Å²) in [6.07, 6.45) is 2.31. The molecule has 20 heavy (non-hydrogen) atoms. The van der Waals surface area contributed by atoms with Gasteiger partial charge in [-0.05, 0) is 31.2 Å². The second kappa shape index (κ2) is 6.41. The molecule has 1 aliphatic carbocycles. The highest BCUT2D eigenvalue weighted by molar-refractivity contribution is 5.79. The van der Waals surface area contributed by atoms with E-state index in [1.54, 1.807) is 24.3 Å². The molecule has 1 aromatic rings. The number of nitrogens with one attached hydrogen (secondary N) is 2. The van der Waals surface area contributed by atoms with Gasteiger partial charge in [0.1, 0.15) is 0 Å². The number of benzene rings is 1. The molecule has 3 N–H and O–H groups in total. The third kappa shape index (κ3) is 3.98. The van der Waals surface area contributed by atoms with Crippen LogP contribution in [0.1, 0.15) is 31.2 Å². The molecule has 0 radical (unpaired) electrons. The molecular formula is C15H20N2O3. The molecule has 2 amide bonds. The number of carbonyl (C=O) groups is 2. The summed E-state index contributed by atoms with van der Waals surface area (Å²) in [5.41, 5.74) is 0.690. The SMILES string of the molecule is CC(NC(=O)NCC(C(=O)O)c1ccccc1)C1CC1. The summed E-state index contributed by atoms with van der Waals surface area (Å²) in [6.45, 7) is 2.06. The van der Waals surface area contributed by atoms with Gasteiger partial charge in [0.05, 0.1) is 5.92 Å². The van der Waals surface area contributed by atoms with E-state index in [1.807, 2.05) is 13.0 Å². The van der Waals surface area contributed by atoms with Crippen LogP contribution < -0.4 is 10.6 Å². The quantitative estimate of drug-likeness (QED) is 0.743. The Morgan fingerprint density at radius 3 is 2.50 bits per heavy atom. The van der Waals surface area contributed by atoms with Gasteiger partial charge in [-0.15, -0.1) is 0 Å². The zero-order valence-corrected chi connectivity index (χ0v) is 11.5. The number of amides is 2. The number of carboxylic acids is 1. The van der Waals surface area contributed by atoms with Crippen molar-refractivity contribution in [2.75, 3.05) is 6.54 Å². The van der Waals surface area contributed by atoms with E-state index >= 15 is 0 Å². The van der Waals surface area contributed by atoms with Crippen LogP contribution in [-0.4, -0.2) is 29.7 Å². The maximum absolute atomic E-state index is 11.7. The van der Waals surface area contributed by atoms with Gasteiger partial charge in [-0.25, -0.2) is 4.79 Å². The summed E-state index contributed by atoms with van der Waals surface area (Å²) in [5.74, 6) is -1.09. The first-order chi connectivity index (χ1) is 9.58. The van der Waals surface area contributed by atoms with E-state index in [1.165, 1.54) is 0 Å². The van der Waals surface area contributed by atoms with Crippen molar-refractivity contribution in [1.82, 2.24) is 10.6 Å². The largest absolute Gasteiger partial charge is 0.481 e. The molecule has 108 valence electrons. The summed E-state index contributed by atoms with van der Waals surface area (Å²) in [6, 6.07) is 8.78. The Morgan fingerprint density at radius 2 is 1.95 bits per heavy atom. The van der Waals surface area contributed by atoms with Crippen molar-refractivity contribution in [3.63, 3.8) is 0 Å². The second-order valence-corrected chi connectivity index (χ2v) is 5.28. The van der Waals surface area contributed by atoms with E-state index < -0.39 is 11.9 Å². The van der Waals surface area contributed by atoms with E-state index in [0.29, 0.717) is 11.5 Å². The molecule has 0 saturated heterocycles. The fourth-order valence-corrected chi connectivity index (χ4v) is 2.20. The lowest BCUT2D eigenvalue weighted by molar-refractivity contribution is -0.138. The van der Waals surface area contributed by atoms with Gasteiger partial charge in [0.15, 0.2) is 0 Å². The fourth-order valence-electron chi connectivity index (χ4n) is 2.20. The van der Waals surface area contributed by atoms with Crippen LogP contribution in [0.25, 0.3) is 0 Å². The highest BCUT2D eigenvalue weighted by atomic mass is 16.4. The van der Waals surface area contributed by atoms with Crippen LogP contribution in [0.4, 0.5) is 4.79 Å². The summed E-state index contributed by atoms with van der Waals surface area (Å²) in [7, 11) is 0. The minimum atomic E-state index is -0.938. The standard InChI is InChI=1S/C15H20N2O3/c1-10(11-7-8-11)17-15(20)16-9-13(14(18)19)12-5-3-2-4-6-12/h2-6,10-11,13H,7-9H2,1H3,(H,18,19)(H2,16,17,20). The van der Waals surface area contributed by atoms with Gasteiger partial charge in [-0.3, -0.25) is 4.79 Å². The van der Waals surface area contributed by atoms with Gasteiger partial charge in [-0.2, -0.15) is 0 Å². The summed E-state index contributed by atoms with van der Waals surface area (Å²) in [5, 5.41) is 14.7. The zero-order chi connectivity index (χ0) is 14.5. The van der Waals surface area contributed by atoms with Crippen molar-refractivity contribution in [3.8, 4) is 0 Å². The Morgan fingerprint density at radius 1 is 1.30 bits per heavy atom. The fraction of sp³-hybridized carbons (Fsp3) is 0.467. The summed E-state index contributed by atoms with van der Waals surface area (Å²) < 4.78 is 0. The Kier molecular flexibility index (Phi) is 4.61. The highest BCUT2D eigenvalue weighted by Crippen LogP contribution is 2.32. The molecule has 2 unspecified atom stereocenters. The van der Waals surface area contributed by atoms with Crippen LogP contribution in [0.3, 0.4) is 0 Å². The monoisotopic (exact) mass is 276 g/mol. The van der Waals surface area contributed by atoms with Crippen molar-refractivity contribution in [2.24, 2.45) is 5.92 Å². The zero-order valence-electron chi connectivity index (χ0n) is 11.5. The molecule has 5 heteroatoms. The molecule has 1 saturated carbocycles. The van der Waals surface area contributed by atoms with Gasteiger partial charge in [0.2, 0.25) is 0 Å². The minimum Gasteiger partial charge on any atom is -0.481 e. The molecule has 5 nitrogen and oxygen atoms in total. The first-order valence-corrected chi connectivity index (χ1v) is 6.90. The first-order valence-electron chi connectivity index (χ1n) is 6.90. The molecule has 0 aliphatic heterocycles. The van der Waals surface area contributed by atoms with Crippen molar-refractivity contribution < 1.29 is 14.7 Å². The molecule has 0 heterocycles. The Hall–Kier alpha value is -2.04. The van der Waals surface area contributed by atoms with Crippen molar-refractivity contribution in [2.45, 2.75) is 31.7 Å². The first kappa shape index (κ1) is 14.4. The maximum Gasteiger partial charge on any atom is 0.315 e. The van der Waals surface area contributed by atoms with E-state index in [-0.39, 0.29) is 18.6 Å². The number of carboxylic acid groups (broad SMARTS) is 1. The van der Waals surface area contributed by atoms with E-state index in [2.05, 4.69) is 10.6 Å². The molecule has 0 spiro atoms. The molecule has 1 aromatic carbocycles. The second-order valence-electron chi connectivity index (χ2n) is 5.28. The molecule has 0 bridgehead atoms. The van der Waals surface area contributed by atoms with Crippen molar-refractivity contribution in [3.05, 3.63) is 35.9 Å². The van der Waals surface area contributed by atoms with Crippen LogP contribution in [0.5, 0.6) is 0 Å². The predicted molar refractivity (Wildman–Crippen MR) is 75.5 cm³/mol. The average molecular weight is 276 g/mol. The van der Waals surface area contributed by atoms with Gasteiger partial charge < -0.3 is 15.7 Å². The van der Waals surface area contributed by atoms with Gasteiger partial charge in [-0.1, -0.05) is 30.3 Å². The topological polar surface area (TPSA) is 78.4 Å². The molecule has 2 rings (SSSR count). The van der Waals surface area contributed by atoms with Gasteiger partial charge in [0, 0.05) is 12.6 Å². The number of aliphatic carboxylic acids is 1. The van der Waals surface area contributed by atoms with Crippen LogP contribution >= 0.6 is 0 Å². The Balaban J connectivity index is 1.86. The van der Waals surface area contributed by atoms with Crippen LogP contribution in [0.15, 0.2) is 30.3 Å². The maximum atomic E-state index is 11.7. The third-order valence-corrected chi connectivity index (χ3v) is 3.65. The number of hydrogen-bond acceptors (Lipinski definition) is 2. The van der Waals surface area contributed by atoms with Crippen LogP contribution in [0.2, 0.25) is 0 Å². The highest BCUT2D eigenvalue weighted by Gasteiger charge is 2.29. The van der Waals surface area contributed by atoms with E-state index in [0.717, 1.165) is 12.8 Å². The predicted octanol–water partition coefficient (Wildman–Crippen LogP) is 1.95. The number of hydrogen-bond donors (Lipinski definition) is 3. The van der Waals surface area contributed by atoms with Gasteiger partial charge >= 0.3 is 12.0 Å². The van der Waals surface area contributed by atoms with Gasteiger partial charge in [0.25, 0.3) is 0 Å². The minimum absolute atomic E-state index is 0.0859.